The van der Waals surface area contributed by atoms with E-state index >= 15 is 0 Å². The van der Waals surface area contributed by atoms with Gasteiger partial charge >= 0.3 is 5.76 Å². The van der Waals surface area contributed by atoms with Crippen LogP contribution >= 0.6 is 0 Å². The molecule has 0 aliphatic rings. The van der Waals surface area contributed by atoms with Gasteiger partial charge in [0.25, 0.3) is 5.69 Å². The Morgan fingerprint density at radius 3 is 2.76 bits per heavy atom. The summed E-state index contributed by atoms with van der Waals surface area (Å²) in [5, 5.41) is 10.7. The molecule has 0 aliphatic heterocycles. The normalized spacial score (nSPS) is 11.9. The zero-order valence-corrected chi connectivity index (χ0v) is 11.9. The molecule has 21 heavy (non-hydrogen) atoms. The molecule has 0 amide bonds. The summed E-state index contributed by atoms with van der Waals surface area (Å²) >= 11 is 0. The molecule has 1 aromatic heterocycles. The fourth-order valence-corrected chi connectivity index (χ4v) is 2.39. The number of rotatable bonds is 6. The van der Waals surface area contributed by atoms with Crippen LogP contribution in [0.5, 0.6) is 0 Å². The standard InChI is InChI=1S/C11H13N3O6S/c1-21(18,19)12-5-2-6-13-9-7-8(14(16)17)3-4-10(9)20-11(13)15/h3-4,7,12H,2,5-6H2,1H3. The lowest BCUT2D eigenvalue weighted by atomic mass is 10.3. The van der Waals surface area contributed by atoms with Crippen molar-refractivity contribution in [3.05, 3.63) is 38.9 Å². The van der Waals surface area contributed by atoms with E-state index in [0.717, 1.165) is 6.26 Å². The van der Waals surface area contributed by atoms with Gasteiger partial charge in [-0.2, -0.15) is 0 Å². The number of nitrogens with one attached hydrogen (secondary N) is 1. The van der Waals surface area contributed by atoms with Gasteiger partial charge in [0.1, 0.15) is 0 Å². The molecule has 2 aromatic rings. The minimum atomic E-state index is -3.29. The summed E-state index contributed by atoms with van der Waals surface area (Å²) in [6, 6.07) is 3.87. The molecule has 0 atom stereocenters. The van der Waals surface area contributed by atoms with Gasteiger partial charge in [-0.3, -0.25) is 14.7 Å². The predicted molar refractivity (Wildman–Crippen MR) is 74.6 cm³/mol. The van der Waals surface area contributed by atoms with E-state index in [4.69, 9.17) is 4.42 Å². The smallest absolute Gasteiger partial charge is 0.408 e. The number of sulfonamides is 1. The summed E-state index contributed by atoms with van der Waals surface area (Å²) in [7, 11) is -3.29. The van der Waals surface area contributed by atoms with E-state index in [2.05, 4.69) is 4.72 Å². The van der Waals surface area contributed by atoms with Gasteiger partial charge in [0.15, 0.2) is 5.58 Å². The van der Waals surface area contributed by atoms with E-state index in [1.807, 2.05) is 0 Å². The molecular formula is C11H13N3O6S. The van der Waals surface area contributed by atoms with Crippen LogP contribution in [0.3, 0.4) is 0 Å². The average Bonchev–Trinajstić information content (AvgIpc) is 2.68. The number of benzene rings is 1. The van der Waals surface area contributed by atoms with Gasteiger partial charge in [-0.1, -0.05) is 0 Å². The first-order valence-corrected chi connectivity index (χ1v) is 7.89. The second-order valence-electron chi connectivity index (χ2n) is 4.45. The van der Waals surface area contributed by atoms with Gasteiger partial charge in [0.05, 0.1) is 16.7 Å². The van der Waals surface area contributed by atoms with Crippen LogP contribution in [0.2, 0.25) is 0 Å². The summed E-state index contributed by atoms with van der Waals surface area (Å²) in [5.74, 6) is -0.634. The first-order valence-electron chi connectivity index (χ1n) is 6.00. The van der Waals surface area contributed by atoms with Crippen LogP contribution in [0.1, 0.15) is 6.42 Å². The van der Waals surface area contributed by atoms with Crippen LogP contribution in [-0.2, 0) is 16.6 Å². The van der Waals surface area contributed by atoms with Gasteiger partial charge in [-0.05, 0) is 12.5 Å². The number of nitro benzene ring substituents is 1. The Bertz CT molecular complexity index is 835. The number of aryl methyl sites for hydroxylation is 1. The Kier molecular flexibility index (Phi) is 4.09. The summed E-state index contributed by atoms with van der Waals surface area (Å²) in [6.07, 6.45) is 1.39. The Labute approximate surface area is 119 Å². The average molecular weight is 315 g/mol. The van der Waals surface area contributed by atoms with Crippen molar-refractivity contribution in [1.82, 2.24) is 9.29 Å². The van der Waals surface area contributed by atoms with Crippen molar-refractivity contribution in [3.63, 3.8) is 0 Å². The van der Waals surface area contributed by atoms with Crippen molar-refractivity contribution < 1.29 is 17.8 Å². The SMILES string of the molecule is CS(=O)(=O)NCCCn1c(=O)oc2ccc([N+](=O)[O-])cc21. The first-order chi connectivity index (χ1) is 9.78. The maximum absolute atomic E-state index is 11.7. The van der Waals surface area contributed by atoms with Gasteiger partial charge in [-0.25, -0.2) is 17.9 Å². The third-order valence-electron chi connectivity index (χ3n) is 2.78. The molecule has 0 bridgehead atoms. The van der Waals surface area contributed by atoms with E-state index in [1.54, 1.807) is 0 Å². The molecule has 0 saturated carbocycles. The zero-order valence-electron chi connectivity index (χ0n) is 11.1. The van der Waals surface area contributed by atoms with Gasteiger partial charge in [0.2, 0.25) is 10.0 Å². The number of nitro groups is 1. The van der Waals surface area contributed by atoms with Crippen LogP contribution in [0.15, 0.2) is 27.4 Å². The molecule has 9 nitrogen and oxygen atoms in total. The highest BCUT2D eigenvalue weighted by Crippen LogP contribution is 2.20. The van der Waals surface area contributed by atoms with Crippen LogP contribution in [0.4, 0.5) is 5.69 Å². The van der Waals surface area contributed by atoms with Crippen molar-refractivity contribution in [3.8, 4) is 0 Å². The number of aromatic nitrogens is 1. The third-order valence-corrected chi connectivity index (χ3v) is 3.51. The molecule has 0 fully saturated rings. The molecule has 10 heteroatoms. The van der Waals surface area contributed by atoms with E-state index in [0.29, 0.717) is 11.9 Å². The Balaban J connectivity index is 2.22. The fourth-order valence-electron chi connectivity index (χ4n) is 1.87. The van der Waals surface area contributed by atoms with Crippen LogP contribution in [0, 0.1) is 10.1 Å². The number of hydrogen-bond acceptors (Lipinski definition) is 6. The number of nitrogens with zero attached hydrogens (tertiary/aromatic N) is 2. The molecule has 0 aliphatic carbocycles. The monoisotopic (exact) mass is 315 g/mol. The third kappa shape index (κ3) is 3.67. The summed E-state index contributed by atoms with van der Waals surface area (Å²) in [6.45, 7) is 0.350. The molecule has 0 radical (unpaired) electrons. The van der Waals surface area contributed by atoms with Crippen molar-refractivity contribution >= 4 is 26.8 Å². The molecule has 1 aromatic carbocycles. The van der Waals surface area contributed by atoms with Gasteiger partial charge in [-0.15, -0.1) is 0 Å². The van der Waals surface area contributed by atoms with Crippen molar-refractivity contribution in [2.75, 3.05) is 12.8 Å². The second-order valence-corrected chi connectivity index (χ2v) is 6.28. The number of fused-ring (bicyclic) bond motifs is 1. The Morgan fingerprint density at radius 2 is 2.14 bits per heavy atom. The molecule has 114 valence electrons. The fraction of sp³-hybridized carbons (Fsp3) is 0.364. The molecule has 0 spiro atoms. The number of hydrogen-bond donors (Lipinski definition) is 1. The lowest BCUT2D eigenvalue weighted by Gasteiger charge is -2.03. The molecule has 1 heterocycles. The predicted octanol–water partition coefficient (Wildman–Crippen LogP) is 0.442. The van der Waals surface area contributed by atoms with Crippen LogP contribution in [-0.4, -0.2) is 30.7 Å². The van der Waals surface area contributed by atoms with E-state index < -0.39 is 20.7 Å². The maximum atomic E-state index is 11.7. The minimum Gasteiger partial charge on any atom is -0.408 e. The van der Waals surface area contributed by atoms with Crippen LogP contribution in [0.25, 0.3) is 11.1 Å². The van der Waals surface area contributed by atoms with E-state index in [9.17, 15) is 23.3 Å². The largest absolute Gasteiger partial charge is 0.419 e. The summed E-state index contributed by atoms with van der Waals surface area (Å²) in [4.78, 5) is 21.9. The quantitative estimate of drug-likeness (QED) is 0.468. The second kappa shape index (κ2) is 5.66. The molecule has 1 N–H and O–H groups in total. The lowest BCUT2D eigenvalue weighted by Crippen LogP contribution is -2.25. The molecule has 0 saturated heterocycles. The molecule has 0 unspecified atom stereocenters. The highest BCUT2D eigenvalue weighted by atomic mass is 32.2. The summed E-state index contributed by atoms with van der Waals surface area (Å²) in [5.41, 5.74) is 0.418. The zero-order chi connectivity index (χ0) is 15.6. The highest BCUT2D eigenvalue weighted by Gasteiger charge is 2.14. The molecular weight excluding hydrogens is 302 g/mol. The van der Waals surface area contributed by atoms with Crippen molar-refractivity contribution in [1.29, 1.82) is 0 Å². The Morgan fingerprint density at radius 1 is 1.43 bits per heavy atom. The van der Waals surface area contributed by atoms with Gasteiger partial charge < -0.3 is 4.42 Å². The van der Waals surface area contributed by atoms with Crippen molar-refractivity contribution in [2.24, 2.45) is 0 Å². The molecule has 2 rings (SSSR count). The number of non-ortho nitro benzene ring substituents is 1. The van der Waals surface area contributed by atoms with Crippen LogP contribution < -0.4 is 10.5 Å². The lowest BCUT2D eigenvalue weighted by molar-refractivity contribution is -0.384. The first kappa shape index (κ1) is 15.2. The Hall–Kier alpha value is -2.20. The topological polar surface area (TPSA) is 124 Å². The maximum Gasteiger partial charge on any atom is 0.419 e. The van der Waals surface area contributed by atoms with E-state index in [-0.39, 0.29) is 24.4 Å². The van der Waals surface area contributed by atoms with E-state index in [1.165, 1.54) is 22.8 Å². The highest BCUT2D eigenvalue weighted by molar-refractivity contribution is 7.88. The van der Waals surface area contributed by atoms with Crippen molar-refractivity contribution in [2.45, 2.75) is 13.0 Å². The number of oxazole rings is 1. The summed E-state index contributed by atoms with van der Waals surface area (Å²) < 4.78 is 30.4. The van der Waals surface area contributed by atoms with Gasteiger partial charge in [0, 0.05) is 25.2 Å². The minimum absolute atomic E-state index is 0.147.